The van der Waals surface area contributed by atoms with Gasteiger partial charge in [0.25, 0.3) is 0 Å². The topological polar surface area (TPSA) is 48.1 Å². The maximum absolute atomic E-state index is 6.23. The lowest BCUT2D eigenvalue weighted by molar-refractivity contribution is -0.112. The Labute approximate surface area is 121 Å². The lowest BCUT2D eigenvalue weighted by atomic mass is 9.63. The van der Waals surface area contributed by atoms with Crippen LogP contribution in [0.4, 0.5) is 0 Å². The van der Waals surface area contributed by atoms with Crippen LogP contribution >= 0.6 is 0 Å². The Kier molecular flexibility index (Phi) is 3.83. The third kappa shape index (κ3) is 2.27. The van der Waals surface area contributed by atoms with Crippen molar-refractivity contribution in [3.8, 4) is 0 Å². The predicted octanol–water partition coefficient (Wildman–Crippen LogP) is 3.04. The van der Waals surface area contributed by atoms with Crippen molar-refractivity contribution in [1.29, 1.82) is 0 Å². The summed E-state index contributed by atoms with van der Waals surface area (Å²) in [6.07, 6.45) is 9.07. The Morgan fingerprint density at radius 1 is 1.30 bits per heavy atom. The summed E-state index contributed by atoms with van der Waals surface area (Å²) in [6.45, 7) is 3.84. The van der Waals surface area contributed by atoms with Crippen molar-refractivity contribution in [2.24, 2.45) is 11.7 Å². The molecule has 110 valence electrons. The summed E-state index contributed by atoms with van der Waals surface area (Å²) in [7, 11) is 0. The Hall–Kier alpha value is -0.930. The van der Waals surface area contributed by atoms with E-state index in [-0.39, 0.29) is 11.0 Å². The van der Waals surface area contributed by atoms with Crippen LogP contribution in [-0.2, 0) is 10.2 Å². The molecular weight excluding hydrogens is 248 g/mol. The van der Waals surface area contributed by atoms with Crippen molar-refractivity contribution in [2.45, 2.75) is 56.5 Å². The van der Waals surface area contributed by atoms with Crippen LogP contribution < -0.4 is 5.73 Å². The Morgan fingerprint density at radius 2 is 2.10 bits per heavy atom. The standard InChI is InChI=1S/C17H26N2O/c1-14(12-18)17(15-6-2-5-10-19-15)9-11-20-16(13-17)7-3-4-8-16/h2,5-6,10,14H,3-4,7-9,11-13,18H2,1H3. The zero-order valence-electron chi connectivity index (χ0n) is 12.5. The van der Waals surface area contributed by atoms with E-state index in [0.29, 0.717) is 12.5 Å². The van der Waals surface area contributed by atoms with Crippen LogP contribution in [0.2, 0.25) is 0 Å². The quantitative estimate of drug-likeness (QED) is 0.921. The van der Waals surface area contributed by atoms with Gasteiger partial charge in [-0.05, 0) is 50.3 Å². The minimum absolute atomic E-state index is 0.0958. The Bertz CT molecular complexity index is 442. The van der Waals surface area contributed by atoms with Crippen LogP contribution in [0.1, 0.15) is 51.1 Å². The van der Waals surface area contributed by atoms with Crippen molar-refractivity contribution in [2.75, 3.05) is 13.2 Å². The molecule has 1 spiro atoms. The van der Waals surface area contributed by atoms with Gasteiger partial charge in [0.05, 0.1) is 5.60 Å². The van der Waals surface area contributed by atoms with Crippen molar-refractivity contribution in [1.82, 2.24) is 4.98 Å². The zero-order chi connectivity index (χ0) is 14.1. The van der Waals surface area contributed by atoms with Crippen molar-refractivity contribution >= 4 is 0 Å². The van der Waals surface area contributed by atoms with Crippen molar-refractivity contribution < 1.29 is 4.74 Å². The SMILES string of the molecule is CC(CN)C1(c2ccccn2)CCOC2(CCCC2)C1. The molecule has 1 aliphatic carbocycles. The summed E-state index contributed by atoms with van der Waals surface area (Å²) in [4.78, 5) is 4.69. The molecule has 2 heterocycles. The fourth-order valence-corrected chi connectivity index (χ4v) is 4.28. The molecule has 2 unspecified atom stereocenters. The number of rotatable bonds is 3. The largest absolute Gasteiger partial charge is 0.375 e. The van der Waals surface area contributed by atoms with E-state index in [0.717, 1.165) is 19.4 Å². The fraction of sp³-hybridized carbons (Fsp3) is 0.706. The van der Waals surface area contributed by atoms with Gasteiger partial charge in [0, 0.05) is 23.9 Å². The fourth-order valence-electron chi connectivity index (χ4n) is 4.28. The van der Waals surface area contributed by atoms with Crippen LogP contribution in [0.25, 0.3) is 0 Å². The monoisotopic (exact) mass is 274 g/mol. The van der Waals surface area contributed by atoms with Gasteiger partial charge >= 0.3 is 0 Å². The lowest BCUT2D eigenvalue weighted by Crippen LogP contribution is -2.51. The van der Waals surface area contributed by atoms with Gasteiger partial charge in [0.2, 0.25) is 0 Å². The molecule has 1 aromatic rings. The first-order valence-electron chi connectivity index (χ1n) is 7.96. The Balaban J connectivity index is 1.98. The number of hydrogen-bond acceptors (Lipinski definition) is 3. The van der Waals surface area contributed by atoms with Crippen LogP contribution in [0.3, 0.4) is 0 Å². The summed E-state index contributed by atoms with van der Waals surface area (Å²) in [5, 5.41) is 0. The normalized spacial score (nSPS) is 30.5. The van der Waals surface area contributed by atoms with Gasteiger partial charge in [-0.25, -0.2) is 0 Å². The molecule has 0 radical (unpaired) electrons. The van der Waals surface area contributed by atoms with Crippen LogP contribution in [0, 0.1) is 5.92 Å². The van der Waals surface area contributed by atoms with Crippen LogP contribution in [-0.4, -0.2) is 23.7 Å². The number of ether oxygens (including phenoxy) is 1. The molecule has 20 heavy (non-hydrogen) atoms. The van der Waals surface area contributed by atoms with E-state index >= 15 is 0 Å². The molecule has 3 rings (SSSR count). The van der Waals surface area contributed by atoms with E-state index in [4.69, 9.17) is 10.5 Å². The number of hydrogen-bond donors (Lipinski definition) is 1. The van der Waals surface area contributed by atoms with E-state index in [9.17, 15) is 0 Å². The molecule has 0 aromatic carbocycles. The van der Waals surface area contributed by atoms with Crippen molar-refractivity contribution in [3.05, 3.63) is 30.1 Å². The van der Waals surface area contributed by atoms with E-state index in [2.05, 4.69) is 24.0 Å². The van der Waals surface area contributed by atoms with Crippen LogP contribution in [0.15, 0.2) is 24.4 Å². The number of nitrogens with zero attached hydrogens (tertiary/aromatic N) is 1. The highest BCUT2D eigenvalue weighted by atomic mass is 16.5. The second kappa shape index (κ2) is 5.45. The van der Waals surface area contributed by atoms with E-state index < -0.39 is 0 Å². The van der Waals surface area contributed by atoms with Gasteiger partial charge in [-0.3, -0.25) is 4.98 Å². The average Bonchev–Trinajstić information content (AvgIpc) is 2.95. The summed E-state index contributed by atoms with van der Waals surface area (Å²) in [6, 6.07) is 6.28. The van der Waals surface area contributed by atoms with Gasteiger partial charge in [0.15, 0.2) is 0 Å². The third-order valence-electron chi connectivity index (χ3n) is 5.58. The molecule has 3 nitrogen and oxygen atoms in total. The maximum atomic E-state index is 6.23. The molecule has 1 saturated carbocycles. The second-order valence-electron chi connectivity index (χ2n) is 6.67. The summed E-state index contributed by atoms with van der Waals surface area (Å²) >= 11 is 0. The van der Waals surface area contributed by atoms with Gasteiger partial charge in [-0.1, -0.05) is 25.8 Å². The molecule has 2 atom stereocenters. The molecule has 0 amide bonds. The average molecular weight is 274 g/mol. The molecule has 1 saturated heterocycles. The van der Waals surface area contributed by atoms with Crippen LogP contribution in [0.5, 0.6) is 0 Å². The molecule has 1 aliphatic heterocycles. The minimum Gasteiger partial charge on any atom is -0.375 e. The zero-order valence-corrected chi connectivity index (χ0v) is 12.5. The third-order valence-corrected chi connectivity index (χ3v) is 5.58. The van der Waals surface area contributed by atoms with Crippen molar-refractivity contribution in [3.63, 3.8) is 0 Å². The molecule has 3 heteroatoms. The highest BCUT2D eigenvalue weighted by molar-refractivity contribution is 5.22. The summed E-state index contributed by atoms with van der Waals surface area (Å²) < 4.78 is 6.23. The van der Waals surface area contributed by atoms with Gasteiger partial charge in [-0.15, -0.1) is 0 Å². The van der Waals surface area contributed by atoms with Gasteiger partial charge in [-0.2, -0.15) is 0 Å². The molecular formula is C17H26N2O. The van der Waals surface area contributed by atoms with E-state index in [1.54, 1.807) is 0 Å². The van der Waals surface area contributed by atoms with Gasteiger partial charge < -0.3 is 10.5 Å². The first-order chi connectivity index (χ1) is 9.71. The minimum atomic E-state index is 0.0958. The number of nitrogens with two attached hydrogens (primary N) is 1. The first-order valence-corrected chi connectivity index (χ1v) is 7.96. The predicted molar refractivity (Wildman–Crippen MR) is 80.5 cm³/mol. The molecule has 2 fully saturated rings. The van der Waals surface area contributed by atoms with E-state index in [1.807, 2.05) is 12.3 Å². The molecule has 2 aliphatic rings. The highest BCUT2D eigenvalue weighted by Gasteiger charge is 2.50. The summed E-state index contributed by atoms with van der Waals surface area (Å²) in [5.74, 6) is 0.443. The second-order valence-corrected chi connectivity index (χ2v) is 6.67. The summed E-state index contributed by atoms with van der Waals surface area (Å²) in [5.41, 5.74) is 7.45. The number of aromatic nitrogens is 1. The molecule has 2 N–H and O–H groups in total. The van der Waals surface area contributed by atoms with Gasteiger partial charge in [0.1, 0.15) is 0 Å². The number of pyridine rings is 1. The molecule has 0 bridgehead atoms. The Morgan fingerprint density at radius 3 is 2.75 bits per heavy atom. The maximum Gasteiger partial charge on any atom is 0.0691 e. The first kappa shape index (κ1) is 14.0. The highest BCUT2D eigenvalue weighted by Crippen LogP contribution is 2.51. The smallest absolute Gasteiger partial charge is 0.0691 e. The lowest BCUT2D eigenvalue weighted by Gasteiger charge is -2.49. The molecule has 1 aromatic heterocycles. The van der Waals surface area contributed by atoms with E-state index in [1.165, 1.54) is 31.4 Å².